The summed E-state index contributed by atoms with van der Waals surface area (Å²) in [6.07, 6.45) is 5.17. The van der Waals surface area contributed by atoms with Gasteiger partial charge in [-0.15, -0.1) is 0 Å². The lowest BCUT2D eigenvalue weighted by molar-refractivity contribution is -0.118. The van der Waals surface area contributed by atoms with E-state index >= 15 is 0 Å². The maximum absolute atomic E-state index is 11.4. The van der Waals surface area contributed by atoms with Gasteiger partial charge in [-0.05, 0) is 11.5 Å². The van der Waals surface area contributed by atoms with Crippen molar-refractivity contribution in [2.75, 3.05) is 0 Å². The van der Waals surface area contributed by atoms with Crippen LogP contribution in [0.3, 0.4) is 0 Å². The first-order valence-corrected chi connectivity index (χ1v) is 5.42. The standard InChI is InChI=1S/C14H18O/c1-12(2)11-14(15)10-6-9-13-7-4-3-5-8-13/h3-9,12H,10-11H2,1-2H3/b9-6+. The van der Waals surface area contributed by atoms with E-state index in [2.05, 4.69) is 13.8 Å². The van der Waals surface area contributed by atoms with Gasteiger partial charge in [-0.25, -0.2) is 0 Å². The predicted molar refractivity (Wildman–Crippen MR) is 64.6 cm³/mol. The van der Waals surface area contributed by atoms with Gasteiger partial charge in [0.25, 0.3) is 0 Å². The normalized spacial score (nSPS) is 11.1. The molecule has 0 radical (unpaired) electrons. The highest BCUT2D eigenvalue weighted by Crippen LogP contribution is 2.05. The van der Waals surface area contributed by atoms with Crippen LogP contribution in [0.4, 0.5) is 0 Å². The van der Waals surface area contributed by atoms with Crippen LogP contribution in [-0.4, -0.2) is 5.78 Å². The molecule has 15 heavy (non-hydrogen) atoms. The third kappa shape index (κ3) is 5.16. The van der Waals surface area contributed by atoms with Crippen LogP contribution >= 0.6 is 0 Å². The second-order valence-electron chi connectivity index (χ2n) is 4.15. The fourth-order valence-corrected chi connectivity index (χ4v) is 1.43. The molecule has 80 valence electrons. The van der Waals surface area contributed by atoms with E-state index in [9.17, 15) is 4.79 Å². The van der Waals surface area contributed by atoms with E-state index in [1.54, 1.807) is 0 Å². The predicted octanol–water partition coefficient (Wildman–Crippen LogP) is 3.71. The molecular formula is C14H18O. The summed E-state index contributed by atoms with van der Waals surface area (Å²) in [5.41, 5.74) is 1.15. The molecular weight excluding hydrogens is 184 g/mol. The third-order valence-corrected chi connectivity index (χ3v) is 2.09. The van der Waals surface area contributed by atoms with Crippen molar-refractivity contribution >= 4 is 11.9 Å². The Bertz CT molecular complexity index is 322. The number of Topliss-reactive ketones (excluding diaryl/α,β-unsaturated/α-hetero) is 1. The summed E-state index contributed by atoms with van der Waals surface area (Å²) in [6.45, 7) is 4.14. The molecule has 0 atom stereocenters. The first kappa shape index (κ1) is 11.7. The van der Waals surface area contributed by atoms with E-state index in [0.717, 1.165) is 5.56 Å². The molecule has 0 aliphatic heterocycles. The van der Waals surface area contributed by atoms with Crippen LogP contribution in [0, 0.1) is 5.92 Å². The lowest BCUT2D eigenvalue weighted by atomic mass is 10.0. The van der Waals surface area contributed by atoms with Crippen molar-refractivity contribution in [2.24, 2.45) is 5.92 Å². The highest BCUT2D eigenvalue weighted by atomic mass is 16.1. The molecule has 0 aliphatic rings. The summed E-state index contributed by atoms with van der Waals surface area (Å²) in [6, 6.07) is 10.0. The Labute approximate surface area is 91.8 Å². The zero-order valence-corrected chi connectivity index (χ0v) is 9.44. The molecule has 0 spiro atoms. The highest BCUT2D eigenvalue weighted by Gasteiger charge is 2.01. The number of carbonyl (C=O) groups excluding carboxylic acids is 1. The smallest absolute Gasteiger partial charge is 0.136 e. The minimum atomic E-state index is 0.317. The Kier molecular flexibility index (Phi) is 4.82. The number of hydrogen-bond acceptors (Lipinski definition) is 1. The first-order chi connectivity index (χ1) is 7.18. The molecule has 1 aromatic carbocycles. The molecule has 0 N–H and O–H groups in total. The SMILES string of the molecule is CC(C)CC(=O)C/C=C/c1ccccc1. The molecule has 1 nitrogen and oxygen atoms in total. The minimum Gasteiger partial charge on any atom is -0.299 e. The zero-order chi connectivity index (χ0) is 11.1. The van der Waals surface area contributed by atoms with Gasteiger partial charge in [0.2, 0.25) is 0 Å². The molecule has 1 heteroatoms. The average molecular weight is 202 g/mol. The molecule has 0 saturated heterocycles. The summed E-state index contributed by atoms with van der Waals surface area (Å²) >= 11 is 0. The Balaban J connectivity index is 2.37. The van der Waals surface area contributed by atoms with Gasteiger partial charge in [-0.1, -0.05) is 56.3 Å². The largest absolute Gasteiger partial charge is 0.299 e. The van der Waals surface area contributed by atoms with Crippen molar-refractivity contribution in [1.29, 1.82) is 0 Å². The summed E-state index contributed by atoms with van der Waals surface area (Å²) < 4.78 is 0. The molecule has 0 aliphatic carbocycles. The van der Waals surface area contributed by atoms with Crippen LogP contribution in [0.2, 0.25) is 0 Å². The molecule has 0 heterocycles. The van der Waals surface area contributed by atoms with Crippen LogP contribution in [0.5, 0.6) is 0 Å². The van der Waals surface area contributed by atoms with Gasteiger partial charge in [0.15, 0.2) is 0 Å². The molecule has 0 fully saturated rings. The summed E-state index contributed by atoms with van der Waals surface area (Å²) in [7, 11) is 0. The second kappa shape index (κ2) is 6.18. The van der Waals surface area contributed by atoms with E-state index in [4.69, 9.17) is 0 Å². The van der Waals surface area contributed by atoms with Gasteiger partial charge in [0.05, 0.1) is 0 Å². The Hall–Kier alpha value is -1.37. The molecule has 0 bridgehead atoms. The third-order valence-electron chi connectivity index (χ3n) is 2.09. The van der Waals surface area contributed by atoms with Crippen LogP contribution < -0.4 is 0 Å². The number of carbonyl (C=O) groups is 1. The molecule has 0 aromatic heterocycles. The van der Waals surface area contributed by atoms with Crippen molar-refractivity contribution in [3.05, 3.63) is 42.0 Å². The summed E-state index contributed by atoms with van der Waals surface area (Å²) in [5.74, 6) is 0.778. The van der Waals surface area contributed by atoms with E-state index in [0.29, 0.717) is 24.5 Å². The van der Waals surface area contributed by atoms with Crippen molar-refractivity contribution in [2.45, 2.75) is 26.7 Å². The molecule has 0 amide bonds. The fraction of sp³-hybridized carbons (Fsp3) is 0.357. The lowest BCUT2D eigenvalue weighted by Gasteiger charge is -2.00. The Morgan fingerprint density at radius 2 is 1.93 bits per heavy atom. The van der Waals surface area contributed by atoms with Gasteiger partial charge < -0.3 is 0 Å². The van der Waals surface area contributed by atoms with Gasteiger partial charge in [-0.3, -0.25) is 4.79 Å². The lowest BCUT2D eigenvalue weighted by Crippen LogP contribution is -2.00. The monoisotopic (exact) mass is 202 g/mol. The van der Waals surface area contributed by atoms with Gasteiger partial charge in [0.1, 0.15) is 5.78 Å². The van der Waals surface area contributed by atoms with E-state index in [1.165, 1.54) is 0 Å². The number of rotatable bonds is 5. The number of allylic oxidation sites excluding steroid dienone is 1. The van der Waals surface area contributed by atoms with Crippen LogP contribution in [0.15, 0.2) is 36.4 Å². The minimum absolute atomic E-state index is 0.317. The molecule has 1 aromatic rings. The van der Waals surface area contributed by atoms with Crippen LogP contribution in [0.1, 0.15) is 32.3 Å². The quantitative estimate of drug-likeness (QED) is 0.711. The van der Waals surface area contributed by atoms with E-state index < -0.39 is 0 Å². The maximum atomic E-state index is 11.4. The Morgan fingerprint density at radius 1 is 1.27 bits per heavy atom. The van der Waals surface area contributed by atoms with Crippen molar-refractivity contribution in [3.8, 4) is 0 Å². The highest BCUT2D eigenvalue weighted by molar-refractivity contribution is 5.80. The summed E-state index contributed by atoms with van der Waals surface area (Å²) in [5, 5.41) is 0. The Morgan fingerprint density at radius 3 is 2.53 bits per heavy atom. The summed E-state index contributed by atoms with van der Waals surface area (Å²) in [4.78, 5) is 11.4. The fourth-order valence-electron chi connectivity index (χ4n) is 1.43. The molecule has 0 saturated carbocycles. The van der Waals surface area contributed by atoms with Gasteiger partial charge >= 0.3 is 0 Å². The van der Waals surface area contributed by atoms with Crippen molar-refractivity contribution < 1.29 is 4.79 Å². The topological polar surface area (TPSA) is 17.1 Å². The van der Waals surface area contributed by atoms with E-state index in [1.807, 2.05) is 42.5 Å². The maximum Gasteiger partial charge on any atom is 0.136 e. The first-order valence-electron chi connectivity index (χ1n) is 5.42. The molecule has 0 unspecified atom stereocenters. The number of hydrogen-bond donors (Lipinski definition) is 0. The van der Waals surface area contributed by atoms with Crippen molar-refractivity contribution in [1.82, 2.24) is 0 Å². The zero-order valence-electron chi connectivity index (χ0n) is 9.44. The van der Waals surface area contributed by atoms with E-state index in [-0.39, 0.29) is 0 Å². The molecule has 1 rings (SSSR count). The second-order valence-corrected chi connectivity index (χ2v) is 4.15. The van der Waals surface area contributed by atoms with Gasteiger partial charge in [0, 0.05) is 12.8 Å². The number of ketones is 1. The van der Waals surface area contributed by atoms with Crippen LogP contribution in [-0.2, 0) is 4.79 Å². The van der Waals surface area contributed by atoms with Crippen molar-refractivity contribution in [3.63, 3.8) is 0 Å². The number of benzene rings is 1. The van der Waals surface area contributed by atoms with Gasteiger partial charge in [-0.2, -0.15) is 0 Å². The average Bonchev–Trinajstić information content (AvgIpc) is 2.18. The van der Waals surface area contributed by atoms with Crippen LogP contribution in [0.25, 0.3) is 6.08 Å².